The Hall–Kier alpha value is -2.40. The zero-order valence-corrected chi connectivity index (χ0v) is 12.0. The fourth-order valence-electron chi connectivity index (χ4n) is 2.40. The van der Waals surface area contributed by atoms with Gasteiger partial charge in [0.2, 0.25) is 0 Å². The zero-order valence-electron chi connectivity index (χ0n) is 11.2. The summed E-state index contributed by atoms with van der Waals surface area (Å²) in [5, 5.41) is 10.4. The minimum absolute atomic E-state index is 0.121. The highest BCUT2D eigenvalue weighted by atomic mass is 32.1. The van der Waals surface area contributed by atoms with Crippen molar-refractivity contribution in [3.05, 3.63) is 52.7 Å². The van der Waals surface area contributed by atoms with Crippen LogP contribution in [0.2, 0.25) is 0 Å². The van der Waals surface area contributed by atoms with Crippen molar-refractivity contribution in [1.29, 1.82) is 0 Å². The van der Waals surface area contributed by atoms with Crippen molar-refractivity contribution >= 4 is 33.8 Å². The topological polar surface area (TPSA) is 63.3 Å². The Bertz CT molecular complexity index is 870. The highest BCUT2D eigenvalue weighted by Gasteiger charge is 2.20. The van der Waals surface area contributed by atoms with Crippen molar-refractivity contribution in [2.75, 3.05) is 5.73 Å². The summed E-state index contributed by atoms with van der Waals surface area (Å²) in [6, 6.07) is 10.2. The molecule has 0 aliphatic rings. The predicted molar refractivity (Wildman–Crippen MR) is 83.3 cm³/mol. The average Bonchev–Trinajstić information content (AvgIpc) is 2.77. The van der Waals surface area contributed by atoms with Crippen LogP contribution < -0.4 is 5.73 Å². The molecule has 3 nitrogen and oxygen atoms in total. The maximum absolute atomic E-state index is 13.9. The molecular formula is C16H12FNO2S. The average molecular weight is 301 g/mol. The Morgan fingerprint density at radius 3 is 2.48 bits per heavy atom. The standard InChI is InChI=1S/C16H12FNO2S/c1-8-13(18)15(16(19)20)21-14(8)11-6-7-12(17)10-5-3-2-4-9(10)11/h2-7H,18H2,1H3,(H,19,20). The summed E-state index contributed by atoms with van der Waals surface area (Å²) in [7, 11) is 0. The van der Waals surface area contributed by atoms with Gasteiger partial charge < -0.3 is 10.8 Å². The third kappa shape index (κ3) is 2.06. The van der Waals surface area contributed by atoms with E-state index in [2.05, 4.69) is 0 Å². The number of carboxylic acids is 1. The van der Waals surface area contributed by atoms with Gasteiger partial charge in [-0.05, 0) is 30.0 Å². The van der Waals surface area contributed by atoms with Crippen LogP contribution in [0.5, 0.6) is 0 Å². The maximum atomic E-state index is 13.9. The number of benzene rings is 2. The van der Waals surface area contributed by atoms with Crippen molar-refractivity contribution in [1.82, 2.24) is 0 Å². The molecule has 0 aliphatic heterocycles. The van der Waals surface area contributed by atoms with Gasteiger partial charge in [-0.2, -0.15) is 0 Å². The molecule has 0 aliphatic carbocycles. The van der Waals surface area contributed by atoms with E-state index in [9.17, 15) is 14.3 Å². The number of carboxylic acid groups (broad SMARTS) is 1. The monoisotopic (exact) mass is 301 g/mol. The Morgan fingerprint density at radius 2 is 1.86 bits per heavy atom. The molecule has 21 heavy (non-hydrogen) atoms. The molecule has 0 atom stereocenters. The molecule has 0 saturated carbocycles. The molecule has 3 aromatic rings. The first-order chi connectivity index (χ1) is 10.0. The number of rotatable bonds is 2. The molecule has 1 heterocycles. The largest absolute Gasteiger partial charge is 0.477 e. The number of aromatic carboxylic acids is 1. The van der Waals surface area contributed by atoms with Gasteiger partial charge in [0.1, 0.15) is 10.7 Å². The maximum Gasteiger partial charge on any atom is 0.348 e. The molecule has 2 aromatic carbocycles. The van der Waals surface area contributed by atoms with Crippen molar-refractivity contribution in [2.24, 2.45) is 0 Å². The summed E-state index contributed by atoms with van der Waals surface area (Å²) in [5.41, 5.74) is 7.66. The van der Waals surface area contributed by atoms with Crippen LogP contribution >= 0.6 is 11.3 Å². The third-order valence-corrected chi connectivity index (χ3v) is 4.83. The summed E-state index contributed by atoms with van der Waals surface area (Å²) in [4.78, 5) is 12.1. The van der Waals surface area contributed by atoms with E-state index in [1.807, 2.05) is 12.1 Å². The molecule has 0 radical (unpaired) electrons. The summed E-state index contributed by atoms with van der Waals surface area (Å²) in [6.07, 6.45) is 0. The fraction of sp³-hybridized carbons (Fsp3) is 0.0625. The molecule has 0 fully saturated rings. The van der Waals surface area contributed by atoms with Gasteiger partial charge in [-0.1, -0.05) is 24.3 Å². The van der Waals surface area contributed by atoms with E-state index in [0.29, 0.717) is 10.9 Å². The minimum atomic E-state index is -1.04. The normalized spacial score (nSPS) is 11.0. The van der Waals surface area contributed by atoms with Gasteiger partial charge in [-0.3, -0.25) is 0 Å². The van der Waals surface area contributed by atoms with Crippen LogP contribution in [-0.2, 0) is 0 Å². The van der Waals surface area contributed by atoms with E-state index < -0.39 is 5.97 Å². The van der Waals surface area contributed by atoms with Crippen LogP contribution in [0.3, 0.4) is 0 Å². The number of hydrogen-bond donors (Lipinski definition) is 2. The first-order valence-corrected chi connectivity index (χ1v) is 7.12. The van der Waals surface area contributed by atoms with E-state index >= 15 is 0 Å². The van der Waals surface area contributed by atoms with Gasteiger partial charge in [0.15, 0.2) is 0 Å². The molecule has 0 spiro atoms. The number of nitrogens with two attached hydrogens (primary N) is 1. The van der Waals surface area contributed by atoms with Gasteiger partial charge in [0.05, 0.1) is 5.69 Å². The summed E-state index contributed by atoms with van der Waals surface area (Å²) >= 11 is 1.12. The SMILES string of the molecule is Cc1c(-c2ccc(F)c3ccccc23)sc(C(=O)O)c1N. The van der Waals surface area contributed by atoms with Gasteiger partial charge in [0.25, 0.3) is 0 Å². The molecule has 3 N–H and O–H groups in total. The van der Waals surface area contributed by atoms with Crippen LogP contribution in [0.4, 0.5) is 10.1 Å². The lowest BCUT2D eigenvalue weighted by atomic mass is 10.0. The molecule has 0 bridgehead atoms. The molecule has 0 unspecified atom stereocenters. The Kier molecular flexibility index (Phi) is 3.14. The second-order valence-corrected chi connectivity index (χ2v) is 5.77. The lowest BCUT2D eigenvalue weighted by Gasteiger charge is -2.07. The van der Waals surface area contributed by atoms with Crippen LogP contribution in [0.1, 0.15) is 15.2 Å². The Labute approximate surface area is 124 Å². The van der Waals surface area contributed by atoms with Crippen LogP contribution in [0.15, 0.2) is 36.4 Å². The van der Waals surface area contributed by atoms with Crippen LogP contribution in [0, 0.1) is 12.7 Å². The predicted octanol–water partition coefficient (Wildman–Crippen LogP) is 4.30. The number of anilines is 1. The Balaban J connectivity index is 2.34. The molecule has 0 amide bonds. The van der Waals surface area contributed by atoms with Crippen LogP contribution in [0.25, 0.3) is 21.2 Å². The number of fused-ring (bicyclic) bond motifs is 1. The van der Waals surface area contributed by atoms with Crippen molar-refractivity contribution in [2.45, 2.75) is 6.92 Å². The summed E-state index contributed by atoms with van der Waals surface area (Å²) in [5.74, 6) is -1.34. The quantitative estimate of drug-likeness (QED) is 0.742. The van der Waals surface area contributed by atoms with Crippen molar-refractivity contribution < 1.29 is 14.3 Å². The molecule has 1 aromatic heterocycles. The van der Waals surface area contributed by atoms with Gasteiger partial charge >= 0.3 is 5.97 Å². The van der Waals surface area contributed by atoms with E-state index in [1.54, 1.807) is 25.1 Å². The van der Waals surface area contributed by atoms with Gasteiger partial charge in [0, 0.05) is 15.8 Å². The first kappa shape index (κ1) is 13.6. The van der Waals surface area contributed by atoms with E-state index in [0.717, 1.165) is 27.2 Å². The highest BCUT2D eigenvalue weighted by molar-refractivity contribution is 7.18. The number of carbonyl (C=O) groups is 1. The summed E-state index contributed by atoms with van der Waals surface area (Å²) < 4.78 is 13.9. The second kappa shape index (κ2) is 4.86. The minimum Gasteiger partial charge on any atom is -0.477 e. The number of nitrogen functional groups attached to an aromatic ring is 1. The van der Waals surface area contributed by atoms with Crippen molar-refractivity contribution in [3.8, 4) is 10.4 Å². The lowest BCUT2D eigenvalue weighted by Crippen LogP contribution is -1.97. The summed E-state index contributed by atoms with van der Waals surface area (Å²) in [6.45, 7) is 1.78. The van der Waals surface area contributed by atoms with Crippen LogP contribution in [-0.4, -0.2) is 11.1 Å². The number of halogens is 1. The van der Waals surface area contributed by atoms with Gasteiger partial charge in [-0.15, -0.1) is 11.3 Å². The molecule has 106 valence electrons. The fourth-order valence-corrected chi connectivity index (χ4v) is 3.51. The van der Waals surface area contributed by atoms with Crippen molar-refractivity contribution in [3.63, 3.8) is 0 Å². The third-order valence-electron chi connectivity index (χ3n) is 3.50. The molecular weight excluding hydrogens is 289 g/mol. The number of hydrogen-bond acceptors (Lipinski definition) is 3. The number of thiophene rings is 1. The second-order valence-electron chi connectivity index (χ2n) is 4.74. The molecule has 3 rings (SSSR count). The molecule has 0 saturated heterocycles. The zero-order chi connectivity index (χ0) is 15.1. The first-order valence-electron chi connectivity index (χ1n) is 6.30. The smallest absolute Gasteiger partial charge is 0.348 e. The van der Waals surface area contributed by atoms with E-state index in [1.165, 1.54) is 6.07 Å². The molecule has 5 heteroatoms. The van der Waals surface area contributed by atoms with E-state index in [-0.39, 0.29) is 16.4 Å². The van der Waals surface area contributed by atoms with E-state index in [4.69, 9.17) is 5.73 Å². The lowest BCUT2D eigenvalue weighted by molar-refractivity contribution is 0.0703. The van der Waals surface area contributed by atoms with Gasteiger partial charge in [-0.25, -0.2) is 9.18 Å². The highest BCUT2D eigenvalue weighted by Crippen LogP contribution is 2.41. The Morgan fingerprint density at radius 1 is 1.19 bits per heavy atom.